The Labute approximate surface area is 126 Å². The number of thiazole rings is 1. The Morgan fingerprint density at radius 2 is 2.25 bits per heavy atom. The van der Waals surface area contributed by atoms with E-state index in [0.717, 1.165) is 10.2 Å². The lowest BCUT2D eigenvalue weighted by Crippen LogP contribution is -2.14. The minimum Gasteiger partial charge on any atom is -0.383 e. The first-order valence-corrected chi connectivity index (χ1v) is 8.30. The number of hydrogen-bond donors (Lipinski definition) is 2. The van der Waals surface area contributed by atoms with Crippen LogP contribution in [0.1, 0.15) is 0 Å². The Morgan fingerprint density at radius 3 is 3.05 bits per heavy atom. The maximum atomic E-state index is 11.7. The van der Waals surface area contributed by atoms with Gasteiger partial charge in [-0.05, 0) is 11.4 Å². The molecule has 9 heteroatoms. The van der Waals surface area contributed by atoms with Crippen LogP contribution in [0.3, 0.4) is 0 Å². The number of amides is 1. The van der Waals surface area contributed by atoms with E-state index in [4.69, 9.17) is 5.73 Å². The summed E-state index contributed by atoms with van der Waals surface area (Å²) in [6, 6.07) is 1.89. The molecule has 0 aromatic carbocycles. The normalized spacial score (nSPS) is 10.8. The molecule has 0 unspecified atom stereocenters. The Hall–Kier alpha value is -1.71. The highest BCUT2D eigenvalue weighted by Crippen LogP contribution is 2.26. The van der Waals surface area contributed by atoms with E-state index in [-0.39, 0.29) is 11.7 Å². The van der Waals surface area contributed by atoms with Crippen LogP contribution in [-0.4, -0.2) is 26.6 Å². The molecule has 0 aliphatic heterocycles. The maximum Gasteiger partial charge on any atom is 0.236 e. The van der Waals surface area contributed by atoms with Crippen LogP contribution in [0.5, 0.6) is 0 Å². The number of thioether (sulfide) groups is 1. The third-order valence-corrected chi connectivity index (χ3v) is 4.69. The van der Waals surface area contributed by atoms with Crippen molar-refractivity contribution in [3.8, 4) is 0 Å². The number of fused-ring (bicyclic) bond motifs is 1. The van der Waals surface area contributed by atoms with Gasteiger partial charge in [0.15, 0.2) is 10.3 Å². The number of thiophene rings is 1. The maximum absolute atomic E-state index is 11.7. The third kappa shape index (κ3) is 2.89. The summed E-state index contributed by atoms with van der Waals surface area (Å²) in [5, 5.41) is 8.37. The number of aromatic nitrogens is 3. The van der Waals surface area contributed by atoms with Crippen LogP contribution < -0.4 is 11.1 Å². The van der Waals surface area contributed by atoms with Gasteiger partial charge < -0.3 is 11.1 Å². The van der Waals surface area contributed by atoms with Gasteiger partial charge in [-0.1, -0.05) is 11.8 Å². The van der Waals surface area contributed by atoms with Crippen LogP contribution in [0, 0.1) is 0 Å². The molecule has 102 valence electrons. The van der Waals surface area contributed by atoms with Crippen molar-refractivity contribution in [1.29, 1.82) is 0 Å². The van der Waals surface area contributed by atoms with Crippen LogP contribution >= 0.6 is 34.4 Å². The zero-order valence-corrected chi connectivity index (χ0v) is 12.5. The average molecular weight is 323 g/mol. The molecular weight excluding hydrogens is 314 g/mol. The van der Waals surface area contributed by atoms with E-state index < -0.39 is 0 Å². The van der Waals surface area contributed by atoms with E-state index >= 15 is 0 Å². The quantitative estimate of drug-likeness (QED) is 0.566. The first-order chi connectivity index (χ1) is 9.72. The summed E-state index contributed by atoms with van der Waals surface area (Å²) in [6.07, 6.45) is 1.64. The number of anilines is 2. The molecule has 3 rings (SSSR count). The van der Waals surface area contributed by atoms with Crippen LogP contribution in [0.25, 0.3) is 10.2 Å². The molecule has 0 fully saturated rings. The Morgan fingerprint density at radius 1 is 1.35 bits per heavy atom. The van der Waals surface area contributed by atoms with Crippen molar-refractivity contribution >= 4 is 61.5 Å². The molecule has 0 saturated carbocycles. The lowest BCUT2D eigenvalue weighted by molar-refractivity contribution is -0.113. The first kappa shape index (κ1) is 13.3. The molecule has 3 heterocycles. The second kappa shape index (κ2) is 5.73. The van der Waals surface area contributed by atoms with Crippen molar-refractivity contribution in [2.24, 2.45) is 0 Å². The van der Waals surface area contributed by atoms with Gasteiger partial charge in [0.1, 0.15) is 10.6 Å². The van der Waals surface area contributed by atoms with Crippen molar-refractivity contribution in [1.82, 2.24) is 15.0 Å². The number of rotatable bonds is 4. The van der Waals surface area contributed by atoms with Crippen molar-refractivity contribution in [2.45, 2.75) is 5.16 Å². The minimum absolute atomic E-state index is 0.140. The fourth-order valence-electron chi connectivity index (χ4n) is 1.49. The van der Waals surface area contributed by atoms with Crippen molar-refractivity contribution in [3.05, 3.63) is 23.0 Å². The van der Waals surface area contributed by atoms with E-state index in [0.29, 0.717) is 16.1 Å². The number of nitrogens with one attached hydrogen (secondary N) is 1. The third-order valence-electron chi connectivity index (χ3n) is 2.35. The molecule has 0 aliphatic rings. The van der Waals surface area contributed by atoms with Gasteiger partial charge in [0.25, 0.3) is 0 Å². The molecule has 0 aliphatic carbocycles. The highest BCUT2D eigenvalue weighted by molar-refractivity contribution is 7.99. The summed E-state index contributed by atoms with van der Waals surface area (Å²) in [4.78, 5) is 25.1. The Bertz CT molecular complexity index is 740. The van der Waals surface area contributed by atoms with E-state index in [9.17, 15) is 4.79 Å². The second-order valence-corrected chi connectivity index (χ2v) is 6.44. The van der Waals surface area contributed by atoms with Crippen LogP contribution in [0.15, 0.2) is 28.2 Å². The molecule has 3 aromatic rings. The van der Waals surface area contributed by atoms with Crippen molar-refractivity contribution in [2.75, 3.05) is 16.8 Å². The molecule has 20 heavy (non-hydrogen) atoms. The van der Waals surface area contributed by atoms with E-state index in [1.54, 1.807) is 11.6 Å². The van der Waals surface area contributed by atoms with Crippen LogP contribution in [-0.2, 0) is 4.79 Å². The van der Waals surface area contributed by atoms with E-state index in [2.05, 4.69) is 20.3 Å². The number of hydrogen-bond acceptors (Lipinski definition) is 8. The number of carbonyl (C=O) groups is 1. The highest BCUT2D eigenvalue weighted by Gasteiger charge is 2.10. The topological polar surface area (TPSA) is 93.8 Å². The largest absolute Gasteiger partial charge is 0.383 e. The summed E-state index contributed by atoms with van der Waals surface area (Å²) in [5.74, 6) is 0.521. The highest BCUT2D eigenvalue weighted by atomic mass is 32.2. The number of nitrogens with two attached hydrogens (primary N) is 1. The van der Waals surface area contributed by atoms with Crippen molar-refractivity contribution < 1.29 is 4.79 Å². The average Bonchev–Trinajstić information content (AvgIpc) is 3.07. The Balaban J connectivity index is 1.66. The molecule has 0 atom stereocenters. The van der Waals surface area contributed by atoms with Gasteiger partial charge in [0.05, 0.1) is 11.1 Å². The molecule has 3 N–H and O–H groups in total. The van der Waals surface area contributed by atoms with Gasteiger partial charge in [-0.2, -0.15) is 0 Å². The molecule has 0 spiro atoms. The predicted octanol–water partition coefficient (Wildman–Crippen LogP) is 2.46. The van der Waals surface area contributed by atoms with Gasteiger partial charge in [-0.15, -0.1) is 22.7 Å². The van der Waals surface area contributed by atoms with Gasteiger partial charge in [-0.25, -0.2) is 15.0 Å². The lowest BCUT2D eigenvalue weighted by Gasteiger charge is -2.02. The summed E-state index contributed by atoms with van der Waals surface area (Å²) in [5.41, 5.74) is 5.85. The minimum atomic E-state index is -0.140. The molecule has 3 aromatic heterocycles. The van der Waals surface area contributed by atoms with Gasteiger partial charge in [0.2, 0.25) is 5.91 Å². The van der Waals surface area contributed by atoms with Crippen molar-refractivity contribution in [3.63, 3.8) is 0 Å². The summed E-state index contributed by atoms with van der Waals surface area (Å²) < 4.78 is 0. The number of carbonyl (C=O) groups excluding carboxylic acids is 1. The lowest BCUT2D eigenvalue weighted by atomic mass is 10.4. The molecule has 6 nitrogen and oxygen atoms in total. The van der Waals surface area contributed by atoms with Crippen LogP contribution in [0.2, 0.25) is 0 Å². The van der Waals surface area contributed by atoms with Gasteiger partial charge in [0, 0.05) is 11.6 Å². The van der Waals surface area contributed by atoms with Gasteiger partial charge in [-0.3, -0.25) is 4.79 Å². The first-order valence-electron chi connectivity index (χ1n) is 5.55. The standard InChI is InChI=1S/C11H9N5OS3/c12-8-6-1-3-18-9(6)16-11(15-8)20-5-7(17)14-10-13-2-4-19-10/h1-4H,5H2,(H2,12,15,16)(H,13,14,17). The summed E-state index contributed by atoms with van der Waals surface area (Å²) in [6.45, 7) is 0. The Kier molecular flexibility index (Phi) is 3.81. The molecule has 0 radical (unpaired) electrons. The summed E-state index contributed by atoms with van der Waals surface area (Å²) >= 11 is 4.13. The predicted molar refractivity (Wildman–Crippen MR) is 83.3 cm³/mol. The zero-order valence-electron chi connectivity index (χ0n) is 10.1. The van der Waals surface area contributed by atoms with E-state index in [1.165, 1.54) is 34.4 Å². The van der Waals surface area contributed by atoms with Crippen LogP contribution in [0.4, 0.5) is 10.9 Å². The molecule has 0 saturated heterocycles. The van der Waals surface area contributed by atoms with Gasteiger partial charge >= 0.3 is 0 Å². The summed E-state index contributed by atoms with van der Waals surface area (Å²) in [7, 11) is 0. The smallest absolute Gasteiger partial charge is 0.236 e. The van der Waals surface area contributed by atoms with E-state index in [1.807, 2.05) is 11.4 Å². The SMILES string of the molecule is Nc1nc(SCC(=O)Nc2nccs2)nc2sccc12. The fourth-order valence-corrected chi connectivity index (χ4v) is 3.52. The molecular formula is C11H9N5OS3. The fraction of sp³-hybridized carbons (Fsp3) is 0.0909. The molecule has 0 bridgehead atoms. The molecule has 1 amide bonds. The second-order valence-electron chi connectivity index (χ2n) is 3.70. The monoisotopic (exact) mass is 323 g/mol. The zero-order chi connectivity index (χ0) is 13.9. The number of nitrogens with zero attached hydrogens (tertiary/aromatic N) is 3. The number of nitrogen functional groups attached to an aromatic ring is 1.